The van der Waals surface area contributed by atoms with Crippen LogP contribution in [-0.4, -0.2) is 33.9 Å². The van der Waals surface area contributed by atoms with E-state index in [1.54, 1.807) is 12.4 Å². The number of hydrogen-bond acceptors (Lipinski definition) is 4. The second-order valence-corrected chi connectivity index (χ2v) is 6.45. The highest BCUT2D eigenvalue weighted by molar-refractivity contribution is 5.93. The number of nitrogens with zero attached hydrogens (tertiary/aromatic N) is 2. The van der Waals surface area contributed by atoms with Crippen molar-refractivity contribution >= 4 is 11.6 Å². The molecule has 6 heteroatoms. The fraction of sp³-hybridized carbons (Fsp3) is 0.438. The van der Waals surface area contributed by atoms with E-state index in [-0.39, 0.29) is 11.3 Å². The van der Waals surface area contributed by atoms with Crippen molar-refractivity contribution in [1.29, 1.82) is 0 Å². The molecule has 3 N–H and O–H groups in total. The van der Waals surface area contributed by atoms with E-state index in [2.05, 4.69) is 39.4 Å². The van der Waals surface area contributed by atoms with Crippen molar-refractivity contribution in [2.45, 2.75) is 26.7 Å². The molecule has 3 heterocycles. The molecule has 0 radical (unpaired) electrons. The molecule has 1 amide bonds. The van der Waals surface area contributed by atoms with Crippen LogP contribution in [0.25, 0.3) is 0 Å². The SMILES string of the molecule is CC1(C)CNC(=O)c2nc(CCNc3cccnc3)[nH]c2C1. The third-order valence-electron chi connectivity index (χ3n) is 3.78. The van der Waals surface area contributed by atoms with Gasteiger partial charge in [0.2, 0.25) is 0 Å². The molecule has 2 aromatic heterocycles. The zero-order valence-electron chi connectivity index (χ0n) is 12.9. The lowest BCUT2D eigenvalue weighted by Gasteiger charge is -2.21. The van der Waals surface area contributed by atoms with Gasteiger partial charge in [-0.15, -0.1) is 0 Å². The lowest BCUT2D eigenvalue weighted by Crippen LogP contribution is -2.32. The highest BCUT2D eigenvalue weighted by atomic mass is 16.1. The lowest BCUT2D eigenvalue weighted by molar-refractivity contribution is 0.0940. The van der Waals surface area contributed by atoms with E-state index < -0.39 is 0 Å². The van der Waals surface area contributed by atoms with E-state index in [0.717, 1.165) is 36.6 Å². The van der Waals surface area contributed by atoms with Gasteiger partial charge >= 0.3 is 0 Å². The van der Waals surface area contributed by atoms with E-state index in [1.807, 2.05) is 12.1 Å². The number of imidazole rings is 1. The molecule has 0 aromatic carbocycles. The van der Waals surface area contributed by atoms with E-state index in [9.17, 15) is 4.79 Å². The minimum atomic E-state index is -0.0803. The van der Waals surface area contributed by atoms with Gasteiger partial charge in [0.25, 0.3) is 5.91 Å². The van der Waals surface area contributed by atoms with Crippen LogP contribution in [-0.2, 0) is 12.8 Å². The number of nitrogens with one attached hydrogen (secondary N) is 3. The Labute approximate surface area is 129 Å². The quantitative estimate of drug-likeness (QED) is 0.803. The summed E-state index contributed by atoms with van der Waals surface area (Å²) in [6, 6.07) is 3.87. The number of aromatic nitrogens is 3. The molecule has 0 saturated carbocycles. The standard InChI is InChI=1S/C16H21N5O/c1-16(2)8-12-14(15(22)19-10-16)21-13(20-12)5-7-18-11-4-3-6-17-9-11/h3-4,6,9,18H,5,7-8,10H2,1-2H3,(H,19,22)(H,20,21). The molecule has 0 bridgehead atoms. The van der Waals surface area contributed by atoms with Gasteiger partial charge in [0.15, 0.2) is 0 Å². The molecular formula is C16H21N5O. The Kier molecular flexibility index (Phi) is 3.83. The number of fused-ring (bicyclic) bond motifs is 1. The first kappa shape index (κ1) is 14.6. The molecule has 3 rings (SSSR count). The number of carbonyl (C=O) groups excluding carboxylic acids is 1. The Morgan fingerprint density at radius 2 is 2.27 bits per heavy atom. The largest absolute Gasteiger partial charge is 0.383 e. The Hall–Kier alpha value is -2.37. The van der Waals surface area contributed by atoms with Crippen LogP contribution < -0.4 is 10.6 Å². The van der Waals surface area contributed by atoms with Crippen LogP contribution in [0.5, 0.6) is 0 Å². The summed E-state index contributed by atoms with van der Waals surface area (Å²) >= 11 is 0. The average molecular weight is 299 g/mol. The molecule has 0 aliphatic carbocycles. The minimum Gasteiger partial charge on any atom is -0.383 e. The lowest BCUT2D eigenvalue weighted by atomic mass is 9.88. The summed E-state index contributed by atoms with van der Waals surface area (Å²) in [4.78, 5) is 23.9. The summed E-state index contributed by atoms with van der Waals surface area (Å²) in [6.45, 7) is 5.71. The molecular weight excluding hydrogens is 278 g/mol. The van der Waals surface area contributed by atoms with Gasteiger partial charge in [-0.2, -0.15) is 0 Å². The maximum Gasteiger partial charge on any atom is 0.271 e. The van der Waals surface area contributed by atoms with E-state index >= 15 is 0 Å². The molecule has 1 aliphatic rings. The molecule has 0 atom stereocenters. The van der Waals surface area contributed by atoms with Gasteiger partial charge in [-0.05, 0) is 24.0 Å². The second kappa shape index (κ2) is 5.79. The molecule has 0 fully saturated rings. The summed E-state index contributed by atoms with van der Waals surface area (Å²) in [7, 11) is 0. The molecule has 2 aromatic rings. The van der Waals surface area contributed by atoms with Crippen LogP contribution in [0.3, 0.4) is 0 Å². The number of anilines is 1. The van der Waals surface area contributed by atoms with E-state index in [0.29, 0.717) is 12.2 Å². The first-order valence-electron chi connectivity index (χ1n) is 7.53. The van der Waals surface area contributed by atoms with Crippen LogP contribution in [0, 0.1) is 5.41 Å². The van der Waals surface area contributed by atoms with Gasteiger partial charge in [0, 0.05) is 37.6 Å². The first-order valence-corrected chi connectivity index (χ1v) is 7.53. The van der Waals surface area contributed by atoms with Gasteiger partial charge in [0.1, 0.15) is 11.5 Å². The highest BCUT2D eigenvalue weighted by Crippen LogP contribution is 2.25. The smallest absolute Gasteiger partial charge is 0.271 e. The van der Waals surface area contributed by atoms with Gasteiger partial charge in [-0.25, -0.2) is 4.98 Å². The summed E-state index contributed by atoms with van der Waals surface area (Å²) in [5.41, 5.74) is 2.51. The fourth-order valence-electron chi connectivity index (χ4n) is 2.63. The normalized spacial score (nSPS) is 16.5. The van der Waals surface area contributed by atoms with Crippen LogP contribution >= 0.6 is 0 Å². The van der Waals surface area contributed by atoms with Crippen molar-refractivity contribution in [1.82, 2.24) is 20.3 Å². The molecule has 0 unspecified atom stereocenters. The van der Waals surface area contributed by atoms with Crippen molar-refractivity contribution in [2.24, 2.45) is 5.41 Å². The number of pyridine rings is 1. The van der Waals surface area contributed by atoms with Gasteiger partial charge in [-0.1, -0.05) is 13.8 Å². The fourth-order valence-corrected chi connectivity index (χ4v) is 2.63. The molecule has 0 spiro atoms. The zero-order valence-corrected chi connectivity index (χ0v) is 12.9. The van der Waals surface area contributed by atoms with Gasteiger partial charge in [0.05, 0.1) is 5.69 Å². The Morgan fingerprint density at radius 3 is 3.05 bits per heavy atom. The average Bonchev–Trinajstić information content (AvgIpc) is 2.84. The third kappa shape index (κ3) is 3.27. The summed E-state index contributed by atoms with van der Waals surface area (Å²) < 4.78 is 0. The molecule has 6 nitrogen and oxygen atoms in total. The number of hydrogen-bond donors (Lipinski definition) is 3. The van der Waals surface area contributed by atoms with E-state index in [1.165, 1.54) is 0 Å². The molecule has 1 aliphatic heterocycles. The molecule has 22 heavy (non-hydrogen) atoms. The molecule has 0 saturated heterocycles. The topological polar surface area (TPSA) is 82.7 Å². The summed E-state index contributed by atoms with van der Waals surface area (Å²) in [5.74, 6) is 0.762. The monoisotopic (exact) mass is 299 g/mol. The molecule has 116 valence electrons. The number of H-pyrrole nitrogens is 1. The number of amides is 1. The number of rotatable bonds is 4. The zero-order chi connectivity index (χ0) is 15.6. The van der Waals surface area contributed by atoms with Gasteiger partial charge < -0.3 is 15.6 Å². The van der Waals surface area contributed by atoms with Crippen molar-refractivity contribution in [3.63, 3.8) is 0 Å². The predicted molar refractivity (Wildman–Crippen MR) is 84.8 cm³/mol. The number of carbonyl (C=O) groups is 1. The maximum absolute atomic E-state index is 12.1. The van der Waals surface area contributed by atoms with Crippen molar-refractivity contribution in [3.05, 3.63) is 41.7 Å². The Morgan fingerprint density at radius 1 is 1.41 bits per heavy atom. The van der Waals surface area contributed by atoms with Gasteiger partial charge in [-0.3, -0.25) is 9.78 Å². The van der Waals surface area contributed by atoms with Crippen molar-refractivity contribution in [3.8, 4) is 0 Å². The van der Waals surface area contributed by atoms with Crippen LogP contribution in [0.15, 0.2) is 24.5 Å². The highest BCUT2D eigenvalue weighted by Gasteiger charge is 2.29. The summed E-state index contributed by atoms with van der Waals surface area (Å²) in [6.07, 6.45) is 5.09. The third-order valence-corrected chi connectivity index (χ3v) is 3.78. The van der Waals surface area contributed by atoms with E-state index in [4.69, 9.17) is 0 Å². The number of aromatic amines is 1. The van der Waals surface area contributed by atoms with Crippen molar-refractivity contribution < 1.29 is 4.79 Å². The summed E-state index contributed by atoms with van der Waals surface area (Å²) in [5, 5.41) is 6.23. The van der Waals surface area contributed by atoms with Crippen LogP contribution in [0.2, 0.25) is 0 Å². The minimum absolute atomic E-state index is 0.0403. The predicted octanol–water partition coefficient (Wildman–Crippen LogP) is 1.77. The Bertz CT molecular complexity index is 662. The van der Waals surface area contributed by atoms with Crippen LogP contribution in [0.1, 0.15) is 35.9 Å². The maximum atomic E-state index is 12.1. The van der Waals surface area contributed by atoms with Crippen molar-refractivity contribution in [2.75, 3.05) is 18.4 Å². The first-order chi connectivity index (χ1) is 10.5. The second-order valence-electron chi connectivity index (χ2n) is 6.45. The van der Waals surface area contributed by atoms with Crippen LogP contribution in [0.4, 0.5) is 5.69 Å². The Balaban J connectivity index is 1.66.